The van der Waals surface area contributed by atoms with Gasteiger partial charge in [0.1, 0.15) is 11.5 Å². The zero-order valence-corrected chi connectivity index (χ0v) is 18.4. The van der Waals surface area contributed by atoms with Crippen LogP contribution in [-0.2, 0) is 14.8 Å². The van der Waals surface area contributed by atoms with Gasteiger partial charge in [-0.1, -0.05) is 6.07 Å². The standard InChI is InChI=1S/C22H28N2O5S/c1-4-29-19-10-12-21(13-11-19)30(26,27)24-14-6-7-17(16-24)22(25)23(2)18-8-5-9-20(15-18)28-3/h5,8-13,15,17H,4,6-7,14,16H2,1-3H3/t17-/m0/s1. The highest BCUT2D eigenvalue weighted by molar-refractivity contribution is 7.89. The molecule has 1 amide bonds. The summed E-state index contributed by atoms with van der Waals surface area (Å²) in [6, 6.07) is 13.7. The van der Waals surface area contributed by atoms with E-state index in [1.54, 1.807) is 49.4 Å². The van der Waals surface area contributed by atoms with Gasteiger partial charge in [0.15, 0.2) is 0 Å². The van der Waals surface area contributed by atoms with Gasteiger partial charge in [0, 0.05) is 31.9 Å². The van der Waals surface area contributed by atoms with E-state index in [2.05, 4.69) is 0 Å². The number of hydrogen-bond acceptors (Lipinski definition) is 5. The molecule has 0 spiro atoms. The summed E-state index contributed by atoms with van der Waals surface area (Å²) in [5, 5.41) is 0. The number of carbonyl (C=O) groups is 1. The van der Waals surface area contributed by atoms with E-state index < -0.39 is 15.9 Å². The number of ether oxygens (including phenoxy) is 2. The van der Waals surface area contributed by atoms with E-state index in [4.69, 9.17) is 9.47 Å². The van der Waals surface area contributed by atoms with Crippen LogP contribution >= 0.6 is 0 Å². The number of piperidine rings is 1. The summed E-state index contributed by atoms with van der Waals surface area (Å²) in [5.41, 5.74) is 0.714. The highest BCUT2D eigenvalue weighted by Gasteiger charge is 2.34. The zero-order chi connectivity index (χ0) is 21.7. The first-order valence-corrected chi connectivity index (χ1v) is 11.5. The molecular formula is C22H28N2O5S. The average molecular weight is 433 g/mol. The van der Waals surface area contributed by atoms with Crippen molar-refractivity contribution in [3.63, 3.8) is 0 Å². The second kappa shape index (κ2) is 9.49. The van der Waals surface area contributed by atoms with Crippen molar-refractivity contribution in [1.29, 1.82) is 0 Å². The van der Waals surface area contributed by atoms with Gasteiger partial charge in [0.05, 0.1) is 24.5 Å². The van der Waals surface area contributed by atoms with Crippen molar-refractivity contribution in [2.75, 3.05) is 38.8 Å². The molecule has 0 radical (unpaired) electrons. The number of anilines is 1. The number of sulfonamides is 1. The van der Waals surface area contributed by atoms with Crippen LogP contribution in [0, 0.1) is 5.92 Å². The number of hydrogen-bond donors (Lipinski definition) is 0. The van der Waals surface area contributed by atoms with Crippen molar-refractivity contribution in [3.05, 3.63) is 48.5 Å². The zero-order valence-electron chi connectivity index (χ0n) is 17.6. The molecule has 30 heavy (non-hydrogen) atoms. The monoisotopic (exact) mass is 432 g/mol. The van der Waals surface area contributed by atoms with Crippen molar-refractivity contribution in [2.45, 2.75) is 24.7 Å². The SMILES string of the molecule is CCOc1ccc(S(=O)(=O)N2CCC[C@H](C(=O)N(C)c3cccc(OC)c3)C2)cc1. The van der Waals surface area contributed by atoms with Gasteiger partial charge in [-0.15, -0.1) is 0 Å². The average Bonchev–Trinajstić information content (AvgIpc) is 2.78. The Balaban J connectivity index is 1.74. The maximum atomic E-state index is 13.1. The maximum absolute atomic E-state index is 13.1. The van der Waals surface area contributed by atoms with Gasteiger partial charge in [0.25, 0.3) is 0 Å². The van der Waals surface area contributed by atoms with Crippen LogP contribution in [0.15, 0.2) is 53.4 Å². The molecule has 1 atom stereocenters. The van der Waals surface area contributed by atoms with Gasteiger partial charge in [-0.05, 0) is 56.2 Å². The molecule has 1 fully saturated rings. The highest BCUT2D eigenvalue weighted by atomic mass is 32.2. The first kappa shape index (κ1) is 22.1. The summed E-state index contributed by atoms with van der Waals surface area (Å²) >= 11 is 0. The lowest BCUT2D eigenvalue weighted by Gasteiger charge is -2.33. The summed E-state index contributed by atoms with van der Waals surface area (Å²) in [5.74, 6) is 0.792. The van der Waals surface area contributed by atoms with Crippen LogP contribution in [0.5, 0.6) is 11.5 Å². The normalized spacial score (nSPS) is 17.4. The number of rotatable bonds is 7. The molecule has 8 heteroatoms. The second-order valence-electron chi connectivity index (χ2n) is 7.21. The van der Waals surface area contributed by atoms with Crippen molar-refractivity contribution >= 4 is 21.6 Å². The Bertz CT molecular complexity index is 975. The third-order valence-corrected chi connectivity index (χ3v) is 7.16. The van der Waals surface area contributed by atoms with Crippen LogP contribution in [-0.4, -0.2) is 52.5 Å². The molecule has 7 nitrogen and oxygen atoms in total. The molecule has 0 N–H and O–H groups in total. The first-order valence-electron chi connectivity index (χ1n) is 10.0. The Hall–Kier alpha value is -2.58. The Morgan fingerprint density at radius 2 is 1.90 bits per heavy atom. The van der Waals surface area contributed by atoms with E-state index in [1.807, 2.05) is 25.1 Å². The first-order chi connectivity index (χ1) is 14.4. The van der Waals surface area contributed by atoms with Crippen molar-refractivity contribution in [1.82, 2.24) is 4.31 Å². The highest BCUT2D eigenvalue weighted by Crippen LogP contribution is 2.28. The number of carbonyl (C=O) groups excluding carboxylic acids is 1. The predicted molar refractivity (Wildman–Crippen MR) is 115 cm³/mol. The van der Waals surface area contributed by atoms with Crippen LogP contribution in [0.25, 0.3) is 0 Å². The number of benzene rings is 2. The van der Waals surface area contributed by atoms with Crippen LogP contribution in [0.3, 0.4) is 0 Å². The summed E-state index contributed by atoms with van der Waals surface area (Å²) < 4.78 is 38.2. The Kier molecular flexibility index (Phi) is 6.99. The second-order valence-corrected chi connectivity index (χ2v) is 9.14. The van der Waals surface area contributed by atoms with Gasteiger partial charge in [-0.2, -0.15) is 4.31 Å². The van der Waals surface area contributed by atoms with Gasteiger partial charge in [-0.25, -0.2) is 8.42 Å². The van der Waals surface area contributed by atoms with Crippen molar-refractivity contribution < 1.29 is 22.7 Å². The minimum Gasteiger partial charge on any atom is -0.497 e. The van der Waals surface area contributed by atoms with E-state index in [9.17, 15) is 13.2 Å². The van der Waals surface area contributed by atoms with Crippen molar-refractivity contribution in [3.8, 4) is 11.5 Å². The molecule has 162 valence electrons. The fraction of sp³-hybridized carbons (Fsp3) is 0.409. The number of amides is 1. The molecule has 3 rings (SSSR count). The molecule has 0 aromatic heterocycles. The fourth-order valence-electron chi connectivity index (χ4n) is 3.61. The smallest absolute Gasteiger partial charge is 0.243 e. The van der Waals surface area contributed by atoms with Crippen LogP contribution in [0.2, 0.25) is 0 Å². The van der Waals surface area contributed by atoms with E-state index >= 15 is 0 Å². The fourth-order valence-corrected chi connectivity index (χ4v) is 5.13. The molecule has 1 aliphatic heterocycles. The Morgan fingerprint density at radius 3 is 2.57 bits per heavy atom. The summed E-state index contributed by atoms with van der Waals surface area (Å²) in [7, 11) is -0.394. The molecular weight excluding hydrogens is 404 g/mol. The quantitative estimate of drug-likeness (QED) is 0.672. The molecule has 2 aromatic rings. The minimum atomic E-state index is -3.67. The summed E-state index contributed by atoms with van der Waals surface area (Å²) in [6.07, 6.45) is 1.29. The molecule has 0 saturated carbocycles. The van der Waals surface area contributed by atoms with Crippen molar-refractivity contribution in [2.24, 2.45) is 5.92 Å². The molecule has 0 unspecified atom stereocenters. The minimum absolute atomic E-state index is 0.102. The van der Waals surface area contributed by atoms with Gasteiger partial charge in [-0.3, -0.25) is 4.79 Å². The Morgan fingerprint density at radius 1 is 1.17 bits per heavy atom. The summed E-state index contributed by atoms with van der Waals surface area (Å²) in [4.78, 5) is 14.8. The third kappa shape index (κ3) is 4.76. The maximum Gasteiger partial charge on any atom is 0.243 e. The molecule has 1 aliphatic rings. The van der Waals surface area contributed by atoms with Crippen LogP contribution in [0.4, 0.5) is 5.69 Å². The molecule has 2 aromatic carbocycles. The lowest BCUT2D eigenvalue weighted by Crippen LogP contribution is -2.45. The molecule has 0 aliphatic carbocycles. The summed E-state index contributed by atoms with van der Waals surface area (Å²) in [6.45, 7) is 2.96. The molecule has 1 saturated heterocycles. The lowest BCUT2D eigenvalue weighted by molar-refractivity contribution is -0.123. The Labute approximate surface area is 178 Å². The van der Waals surface area contributed by atoms with E-state index in [0.717, 1.165) is 0 Å². The van der Waals surface area contributed by atoms with Gasteiger partial charge < -0.3 is 14.4 Å². The third-order valence-electron chi connectivity index (χ3n) is 5.28. The van der Waals surface area contributed by atoms with Gasteiger partial charge in [0.2, 0.25) is 15.9 Å². The number of nitrogens with zero attached hydrogens (tertiary/aromatic N) is 2. The van der Waals surface area contributed by atoms with E-state index in [-0.39, 0.29) is 17.3 Å². The van der Waals surface area contributed by atoms with E-state index in [1.165, 1.54) is 4.31 Å². The van der Waals surface area contributed by atoms with E-state index in [0.29, 0.717) is 43.2 Å². The topological polar surface area (TPSA) is 76.2 Å². The lowest BCUT2D eigenvalue weighted by atomic mass is 9.98. The largest absolute Gasteiger partial charge is 0.497 e. The number of methoxy groups -OCH3 is 1. The van der Waals surface area contributed by atoms with Crippen LogP contribution in [0.1, 0.15) is 19.8 Å². The molecule has 0 bridgehead atoms. The molecule has 1 heterocycles. The predicted octanol–water partition coefficient (Wildman–Crippen LogP) is 3.16. The van der Waals surface area contributed by atoms with Crippen LogP contribution < -0.4 is 14.4 Å². The van der Waals surface area contributed by atoms with Gasteiger partial charge >= 0.3 is 0 Å².